The fraction of sp³-hybridized carbons (Fsp3) is 0.143. The van der Waals surface area contributed by atoms with Crippen molar-refractivity contribution in [2.24, 2.45) is 4.36 Å². The van der Waals surface area contributed by atoms with Gasteiger partial charge in [-0.3, -0.25) is 0 Å². The Morgan fingerprint density at radius 3 is 2.65 bits per heavy atom. The van der Waals surface area contributed by atoms with Gasteiger partial charge in [0.25, 0.3) is 0 Å². The van der Waals surface area contributed by atoms with Gasteiger partial charge in [-0.05, 0) is 18.2 Å². The van der Waals surface area contributed by atoms with Crippen LogP contribution >= 0.6 is 11.6 Å². The first-order valence-electron chi connectivity index (χ1n) is 9.19. The molecular formula is C21H19ClN6O2S. The maximum Gasteiger partial charge on any atom is 0.227 e. The van der Waals surface area contributed by atoms with Crippen LogP contribution in [0.15, 0.2) is 59.4 Å². The lowest BCUT2D eigenvalue weighted by Gasteiger charge is -2.12. The summed E-state index contributed by atoms with van der Waals surface area (Å²) in [5.41, 5.74) is 3.08. The summed E-state index contributed by atoms with van der Waals surface area (Å²) in [7, 11) is -0.743. The molecule has 0 aliphatic heterocycles. The van der Waals surface area contributed by atoms with Crippen molar-refractivity contribution in [3.05, 3.63) is 60.0 Å². The van der Waals surface area contributed by atoms with Crippen molar-refractivity contribution in [2.75, 3.05) is 24.9 Å². The molecule has 0 bridgehead atoms. The Balaban J connectivity index is 1.74. The summed E-state index contributed by atoms with van der Waals surface area (Å²) < 4.78 is 21.6. The molecule has 0 radical (unpaired) electrons. The molecule has 2 aromatic carbocycles. The molecule has 0 saturated carbocycles. The number of benzene rings is 2. The molecule has 1 N–H and O–H groups in total. The number of halogens is 1. The summed E-state index contributed by atoms with van der Waals surface area (Å²) in [6, 6.07) is 12.8. The average molecular weight is 455 g/mol. The van der Waals surface area contributed by atoms with Crippen LogP contribution in [-0.4, -0.2) is 43.8 Å². The van der Waals surface area contributed by atoms with Crippen LogP contribution in [0, 0.1) is 0 Å². The van der Waals surface area contributed by atoms with Gasteiger partial charge in [-0.15, -0.1) is 0 Å². The highest BCUT2D eigenvalue weighted by Gasteiger charge is 2.14. The number of fused-ring (bicyclic) bond motifs is 1. The van der Waals surface area contributed by atoms with Gasteiger partial charge in [0.1, 0.15) is 23.5 Å². The molecule has 0 aliphatic rings. The van der Waals surface area contributed by atoms with Crippen molar-refractivity contribution in [1.82, 2.24) is 19.9 Å². The first kappa shape index (κ1) is 21.0. The van der Waals surface area contributed by atoms with Gasteiger partial charge in [0, 0.05) is 33.7 Å². The number of hydrogen-bond donors (Lipinski definition) is 1. The lowest BCUT2D eigenvalue weighted by Crippen LogP contribution is -2.01. The fourth-order valence-corrected chi connectivity index (χ4v) is 3.80. The predicted molar refractivity (Wildman–Crippen MR) is 124 cm³/mol. The summed E-state index contributed by atoms with van der Waals surface area (Å²) in [6.45, 7) is 0. The fourth-order valence-electron chi connectivity index (χ4n) is 3.00. The minimum absolute atomic E-state index is 0.319. The van der Waals surface area contributed by atoms with Crippen LogP contribution in [0.3, 0.4) is 0 Å². The van der Waals surface area contributed by atoms with Gasteiger partial charge in [-0.1, -0.05) is 29.8 Å². The molecule has 158 valence electrons. The molecule has 0 fully saturated rings. The molecule has 10 heteroatoms. The second-order valence-corrected chi connectivity index (χ2v) is 9.86. The Labute approximate surface area is 184 Å². The lowest BCUT2D eigenvalue weighted by atomic mass is 10.1. The van der Waals surface area contributed by atoms with E-state index in [1.165, 1.54) is 12.5 Å². The maximum absolute atomic E-state index is 12.0. The van der Waals surface area contributed by atoms with Crippen molar-refractivity contribution in [1.29, 1.82) is 0 Å². The third kappa shape index (κ3) is 4.73. The molecule has 2 heterocycles. The summed E-state index contributed by atoms with van der Waals surface area (Å²) in [4.78, 5) is 17.5. The quantitative estimate of drug-likeness (QED) is 0.459. The van der Waals surface area contributed by atoms with Gasteiger partial charge in [0.2, 0.25) is 5.95 Å². The first-order valence-corrected chi connectivity index (χ1v) is 11.9. The van der Waals surface area contributed by atoms with Crippen LogP contribution in [0.1, 0.15) is 0 Å². The molecule has 0 amide bonds. The van der Waals surface area contributed by atoms with E-state index in [-0.39, 0.29) is 0 Å². The average Bonchev–Trinajstić information content (AvgIpc) is 2.74. The van der Waals surface area contributed by atoms with E-state index in [4.69, 9.17) is 16.3 Å². The number of aromatic nitrogens is 4. The third-order valence-corrected chi connectivity index (χ3v) is 5.20. The minimum Gasteiger partial charge on any atom is -0.494 e. The molecule has 0 aliphatic carbocycles. The van der Waals surface area contributed by atoms with E-state index in [0.29, 0.717) is 39.5 Å². The van der Waals surface area contributed by atoms with Crippen LogP contribution in [-0.2, 0) is 9.73 Å². The number of hydrogen-bond acceptors (Lipinski definition) is 8. The molecule has 0 atom stereocenters. The second kappa shape index (κ2) is 8.44. The Bertz CT molecular complexity index is 1390. The van der Waals surface area contributed by atoms with Gasteiger partial charge in [-0.2, -0.15) is 4.36 Å². The molecule has 4 aromatic rings. The molecular weight excluding hydrogens is 436 g/mol. The molecule has 0 saturated heterocycles. The zero-order chi connectivity index (χ0) is 22.0. The van der Waals surface area contributed by atoms with Crippen LogP contribution in [0.4, 0.5) is 17.3 Å². The number of nitrogens with zero attached hydrogens (tertiary/aromatic N) is 5. The van der Waals surface area contributed by atoms with E-state index in [1.807, 2.05) is 24.3 Å². The maximum atomic E-state index is 12.0. The van der Waals surface area contributed by atoms with E-state index in [1.54, 1.807) is 37.8 Å². The zero-order valence-corrected chi connectivity index (χ0v) is 18.6. The number of rotatable bonds is 5. The van der Waals surface area contributed by atoms with E-state index < -0.39 is 9.73 Å². The molecule has 2 aromatic heterocycles. The van der Waals surface area contributed by atoms with Crippen LogP contribution in [0.5, 0.6) is 5.75 Å². The predicted octanol–water partition coefficient (Wildman–Crippen LogP) is 4.85. The number of methoxy groups -OCH3 is 1. The first-order chi connectivity index (χ1) is 14.8. The van der Waals surface area contributed by atoms with Crippen molar-refractivity contribution in [3.8, 4) is 17.1 Å². The Morgan fingerprint density at radius 1 is 1.06 bits per heavy atom. The SMILES string of the molecule is COc1cc(N=S(C)(C)=O)ccc1Nc1ncc(Cl)c(-c2ncnc3ccccc23)n1. The monoisotopic (exact) mass is 454 g/mol. The van der Waals surface area contributed by atoms with Gasteiger partial charge >= 0.3 is 0 Å². The highest BCUT2D eigenvalue weighted by molar-refractivity contribution is 7.92. The van der Waals surface area contributed by atoms with Gasteiger partial charge in [0.05, 0.1) is 35.2 Å². The van der Waals surface area contributed by atoms with E-state index in [2.05, 4.69) is 29.6 Å². The molecule has 0 spiro atoms. The highest BCUT2D eigenvalue weighted by Crippen LogP contribution is 2.33. The summed E-state index contributed by atoms with van der Waals surface area (Å²) in [5.74, 6) is 0.831. The molecule has 8 nitrogen and oxygen atoms in total. The van der Waals surface area contributed by atoms with Crippen LogP contribution in [0.2, 0.25) is 5.02 Å². The lowest BCUT2D eigenvalue weighted by molar-refractivity contribution is 0.417. The minimum atomic E-state index is -2.29. The smallest absolute Gasteiger partial charge is 0.227 e. The Hall–Kier alpha value is -3.30. The standard InChI is InChI=1S/C21H19ClN6O2S/c1-30-18-10-13(28-31(2,3)29)8-9-17(18)26-21-23-11-15(22)20(27-21)19-14-6-4-5-7-16(14)24-12-25-19/h4-12H,1-3H3,(H,23,26,27). The molecule has 31 heavy (non-hydrogen) atoms. The molecule has 4 rings (SSSR count). The normalized spacial score (nSPS) is 11.4. The number of ether oxygens (including phenoxy) is 1. The van der Waals surface area contributed by atoms with Crippen LogP contribution in [0.25, 0.3) is 22.3 Å². The highest BCUT2D eigenvalue weighted by atomic mass is 35.5. The largest absolute Gasteiger partial charge is 0.494 e. The van der Waals surface area contributed by atoms with Crippen molar-refractivity contribution >= 4 is 49.6 Å². The van der Waals surface area contributed by atoms with Gasteiger partial charge in [-0.25, -0.2) is 24.1 Å². The van der Waals surface area contributed by atoms with Crippen molar-refractivity contribution < 1.29 is 8.95 Å². The molecule has 0 unspecified atom stereocenters. The summed E-state index contributed by atoms with van der Waals surface area (Å²) in [5, 5.41) is 4.34. The van der Waals surface area contributed by atoms with Gasteiger partial charge in [0.15, 0.2) is 0 Å². The topological polar surface area (TPSA) is 102 Å². The van der Waals surface area contributed by atoms with Crippen LogP contribution < -0.4 is 10.1 Å². The second-order valence-electron chi connectivity index (χ2n) is 6.91. The van der Waals surface area contributed by atoms with Gasteiger partial charge < -0.3 is 10.1 Å². The number of nitrogens with one attached hydrogen (secondary N) is 1. The number of para-hydroxylation sites is 1. The van der Waals surface area contributed by atoms with E-state index in [0.717, 1.165) is 10.9 Å². The van der Waals surface area contributed by atoms with E-state index in [9.17, 15) is 4.21 Å². The summed E-state index contributed by atoms with van der Waals surface area (Å²) >= 11 is 6.40. The number of anilines is 2. The zero-order valence-electron chi connectivity index (χ0n) is 17.0. The summed E-state index contributed by atoms with van der Waals surface area (Å²) in [6.07, 6.45) is 6.15. The van der Waals surface area contributed by atoms with E-state index >= 15 is 0 Å². The van der Waals surface area contributed by atoms with Crippen molar-refractivity contribution in [2.45, 2.75) is 0 Å². The Kier molecular flexibility index (Phi) is 5.71. The van der Waals surface area contributed by atoms with Crippen molar-refractivity contribution in [3.63, 3.8) is 0 Å². The Morgan fingerprint density at radius 2 is 1.87 bits per heavy atom. The third-order valence-electron chi connectivity index (χ3n) is 4.27.